The summed E-state index contributed by atoms with van der Waals surface area (Å²) in [6, 6.07) is 7.67. The molecule has 0 aliphatic carbocycles. The van der Waals surface area contributed by atoms with Gasteiger partial charge in [0.2, 0.25) is 0 Å². The van der Waals surface area contributed by atoms with Crippen molar-refractivity contribution in [2.75, 3.05) is 0 Å². The Balaban J connectivity index is 2.23. The summed E-state index contributed by atoms with van der Waals surface area (Å²) < 4.78 is 2.89. The average molecular weight is 350 g/mol. The molecule has 2 rings (SSSR count). The van der Waals surface area contributed by atoms with Gasteiger partial charge in [0.05, 0.1) is 21.5 Å². The Morgan fingerprint density at radius 2 is 1.95 bits per heavy atom. The molecular formula is C16H20BrN3O. The zero-order chi connectivity index (χ0) is 15.6. The van der Waals surface area contributed by atoms with Crippen LogP contribution in [-0.4, -0.2) is 21.7 Å². The van der Waals surface area contributed by atoms with Crippen molar-refractivity contribution in [1.82, 2.24) is 15.1 Å². The molecule has 21 heavy (non-hydrogen) atoms. The van der Waals surface area contributed by atoms with Crippen molar-refractivity contribution in [3.8, 4) is 5.69 Å². The fraction of sp³-hybridized carbons (Fsp3) is 0.375. The summed E-state index contributed by atoms with van der Waals surface area (Å²) in [5, 5.41) is 7.45. The van der Waals surface area contributed by atoms with Gasteiger partial charge in [0.25, 0.3) is 5.91 Å². The van der Waals surface area contributed by atoms with Crippen LogP contribution in [0.2, 0.25) is 0 Å². The van der Waals surface area contributed by atoms with E-state index in [1.54, 1.807) is 0 Å². The number of carbonyl (C=O) groups excluding carboxylic acids is 1. The van der Waals surface area contributed by atoms with Crippen LogP contribution in [0.5, 0.6) is 0 Å². The lowest BCUT2D eigenvalue weighted by Crippen LogP contribution is -2.31. The van der Waals surface area contributed by atoms with E-state index in [0.717, 1.165) is 28.0 Å². The molecule has 0 fully saturated rings. The van der Waals surface area contributed by atoms with Crippen molar-refractivity contribution in [2.45, 2.75) is 40.2 Å². The molecule has 1 aromatic heterocycles. The standard InChI is InChI=1S/C16H20BrN3O/c1-5-10(2)18-16(21)13-6-8-14(9-7-13)20-12(4)15(17)11(3)19-20/h6-10H,5H2,1-4H3,(H,18,21). The van der Waals surface area contributed by atoms with Crippen molar-refractivity contribution in [3.05, 3.63) is 45.7 Å². The Labute approximate surface area is 133 Å². The molecule has 0 bridgehead atoms. The molecule has 1 N–H and O–H groups in total. The maximum Gasteiger partial charge on any atom is 0.251 e. The van der Waals surface area contributed by atoms with Gasteiger partial charge < -0.3 is 5.32 Å². The van der Waals surface area contributed by atoms with Crippen LogP contribution in [0.3, 0.4) is 0 Å². The molecule has 1 atom stereocenters. The molecular weight excluding hydrogens is 330 g/mol. The highest BCUT2D eigenvalue weighted by Gasteiger charge is 2.12. The SMILES string of the molecule is CCC(C)NC(=O)c1ccc(-n2nc(C)c(Br)c2C)cc1. The molecule has 0 aliphatic heterocycles. The van der Waals surface area contributed by atoms with E-state index in [4.69, 9.17) is 0 Å². The second-order valence-corrected chi connectivity index (χ2v) is 6.02. The summed E-state index contributed by atoms with van der Waals surface area (Å²) in [5.74, 6) is -0.0366. The van der Waals surface area contributed by atoms with Gasteiger partial charge in [-0.2, -0.15) is 5.10 Å². The predicted octanol–water partition coefficient (Wildman–Crippen LogP) is 3.78. The van der Waals surface area contributed by atoms with Gasteiger partial charge in [-0.25, -0.2) is 4.68 Å². The number of amides is 1. The Hall–Kier alpha value is -1.62. The summed E-state index contributed by atoms with van der Waals surface area (Å²) >= 11 is 3.52. The smallest absolute Gasteiger partial charge is 0.251 e. The number of halogens is 1. The zero-order valence-corrected chi connectivity index (χ0v) is 14.4. The third-order valence-electron chi connectivity index (χ3n) is 3.57. The Morgan fingerprint density at radius 1 is 1.33 bits per heavy atom. The zero-order valence-electron chi connectivity index (χ0n) is 12.8. The largest absolute Gasteiger partial charge is 0.350 e. The van der Waals surface area contributed by atoms with E-state index < -0.39 is 0 Å². The Kier molecular flexibility index (Phi) is 4.83. The fourth-order valence-corrected chi connectivity index (χ4v) is 2.29. The molecule has 0 radical (unpaired) electrons. The lowest BCUT2D eigenvalue weighted by atomic mass is 10.1. The van der Waals surface area contributed by atoms with Crippen molar-refractivity contribution >= 4 is 21.8 Å². The van der Waals surface area contributed by atoms with Gasteiger partial charge in [-0.3, -0.25) is 4.79 Å². The van der Waals surface area contributed by atoms with Gasteiger partial charge in [0.1, 0.15) is 0 Å². The highest BCUT2D eigenvalue weighted by atomic mass is 79.9. The maximum atomic E-state index is 12.0. The number of hydrogen-bond acceptors (Lipinski definition) is 2. The van der Waals surface area contributed by atoms with Crippen LogP contribution in [0.15, 0.2) is 28.7 Å². The van der Waals surface area contributed by atoms with Gasteiger partial charge in [-0.1, -0.05) is 6.92 Å². The number of aryl methyl sites for hydroxylation is 1. The molecule has 0 saturated carbocycles. The van der Waals surface area contributed by atoms with Crippen LogP contribution in [0.4, 0.5) is 0 Å². The third-order valence-corrected chi connectivity index (χ3v) is 4.71. The molecule has 1 amide bonds. The number of hydrogen-bond donors (Lipinski definition) is 1. The van der Waals surface area contributed by atoms with Gasteiger partial charge in [-0.15, -0.1) is 0 Å². The summed E-state index contributed by atoms with van der Waals surface area (Å²) in [7, 11) is 0. The van der Waals surface area contributed by atoms with Crippen LogP contribution in [-0.2, 0) is 0 Å². The number of rotatable bonds is 4. The number of aromatic nitrogens is 2. The Bertz CT molecular complexity index is 646. The molecule has 0 aliphatic rings. The predicted molar refractivity (Wildman–Crippen MR) is 88.0 cm³/mol. The van der Waals surface area contributed by atoms with Crippen LogP contribution in [0, 0.1) is 13.8 Å². The molecule has 1 heterocycles. The quantitative estimate of drug-likeness (QED) is 0.912. The maximum absolute atomic E-state index is 12.0. The van der Waals surface area contributed by atoms with Crippen molar-refractivity contribution < 1.29 is 4.79 Å². The average Bonchev–Trinajstić information content (AvgIpc) is 2.75. The van der Waals surface area contributed by atoms with Crippen LogP contribution < -0.4 is 5.32 Å². The van der Waals surface area contributed by atoms with E-state index in [1.165, 1.54) is 0 Å². The lowest BCUT2D eigenvalue weighted by Gasteiger charge is -2.11. The van der Waals surface area contributed by atoms with E-state index in [1.807, 2.05) is 49.7 Å². The monoisotopic (exact) mass is 349 g/mol. The van der Waals surface area contributed by atoms with Gasteiger partial charge in [-0.05, 0) is 67.4 Å². The first kappa shape index (κ1) is 15.8. The van der Waals surface area contributed by atoms with Crippen molar-refractivity contribution in [3.63, 3.8) is 0 Å². The Morgan fingerprint density at radius 3 is 2.43 bits per heavy atom. The first-order valence-electron chi connectivity index (χ1n) is 7.07. The molecule has 4 nitrogen and oxygen atoms in total. The van der Waals surface area contributed by atoms with Crippen LogP contribution in [0.1, 0.15) is 42.0 Å². The second-order valence-electron chi connectivity index (χ2n) is 5.23. The van der Waals surface area contributed by atoms with E-state index in [9.17, 15) is 4.79 Å². The third kappa shape index (κ3) is 3.35. The fourth-order valence-electron chi connectivity index (χ4n) is 2.04. The molecule has 5 heteroatoms. The molecule has 1 unspecified atom stereocenters. The molecule has 2 aromatic rings. The molecule has 112 valence electrons. The van der Waals surface area contributed by atoms with E-state index in [0.29, 0.717) is 5.56 Å². The van der Waals surface area contributed by atoms with Crippen molar-refractivity contribution in [2.24, 2.45) is 0 Å². The first-order valence-corrected chi connectivity index (χ1v) is 7.86. The van der Waals surface area contributed by atoms with Gasteiger partial charge in [0.15, 0.2) is 0 Å². The van der Waals surface area contributed by atoms with E-state index >= 15 is 0 Å². The summed E-state index contributed by atoms with van der Waals surface area (Å²) in [6.45, 7) is 8.02. The van der Waals surface area contributed by atoms with Crippen LogP contribution in [0.25, 0.3) is 5.69 Å². The molecule has 0 saturated heterocycles. The van der Waals surface area contributed by atoms with E-state index in [2.05, 4.69) is 33.3 Å². The molecule has 1 aromatic carbocycles. The van der Waals surface area contributed by atoms with Gasteiger partial charge >= 0.3 is 0 Å². The summed E-state index contributed by atoms with van der Waals surface area (Å²) in [6.07, 6.45) is 0.920. The summed E-state index contributed by atoms with van der Waals surface area (Å²) in [5.41, 5.74) is 3.61. The topological polar surface area (TPSA) is 46.9 Å². The highest BCUT2D eigenvalue weighted by Crippen LogP contribution is 2.23. The summed E-state index contributed by atoms with van der Waals surface area (Å²) in [4.78, 5) is 12.0. The number of carbonyl (C=O) groups is 1. The number of nitrogens with one attached hydrogen (secondary N) is 1. The lowest BCUT2D eigenvalue weighted by molar-refractivity contribution is 0.0939. The number of nitrogens with zero attached hydrogens (tertiary/aromatic N) is 2. The number of benzene rings is 1. The second kappa shape index (κ2) is 6.43. The molecule has 0 spiro atoms. The van der Waals surface area contributed by atoms with E-state index in [-0.39, 0.29) is 11.9 Å². The van der Waals surface area contributed by atoms with Crippen molar-refractivity contribution in [1.29, 1.82) is 0 Å². The minimum absolute atomic E-state index is 0.0366. The minimum Gasteiger partial charge on any atom is -0.350 e. The van der Waals surface area contributed by atoms with Crippen LogP contribution >= 0.6 is 15.9 Å². The minimum atomic E-state index is -0.0366. The van der Waals surface area contributed by atoms with Gasteiger partial charge in [0, 0.05) is 11.6 Å². The first-order chi connectivity index (χ1) is 9.93. The highest BCUT2D eigenvalue weighted by molar-refractivity contribution is 9.10. The normalized spacial score (nSPS) is 12.2.